The second-order valence-corrected chi connectivity index (χ2v) is 3.87. The minimum absolute atomic E-state index is 0.0713. The van der Waals surface area contributed by atoms with Crippen LogP contribution in [0.4, 0.5) is 0 Å². The van der Waals surface area contributed by atoms with Crippen molar-refractivity contribution in [2.75, 3.05) is 0 Å². The van der Waals surface area contributed by atoms with Crippen molar-refractivity contribution in [3.8, 4) is 5.75 Å². The average Bonchev–Trinajstić information content (AvgIpc) is 2.29. The van der Waals surface area contributed by atoms with Gasteiger partial charge in [0.1, 0.15) is 11.3 Å². The summed E-state index contributed by atoms with van der Waals surface area (Å²) in [4.78, 5) is 10.9. The molecular formula is C13H18O4. The van der Waals surface area contributed by atoms with Crippen molar-refractivity contribution in [3.05, 3.63) is 29.8 Å². The lowest BCUT2D eigenvalue weighted by Crippen LogP contribution is -2.17. The summed E-state index contributed by atoms with van der Waals surface area (Å²) in [5, 5.41) is 18.6. The highest BCUT2D eigenvalue weighted by molar-refractivity contribution is 5.90. The number of rotatable bonds is 7. The molecular weight excluding hydrogens is 220 g/mol. The van der Waals surface area contributed by atoms with Gasteiger partial charge in [-0.2, -0.15) is 0 Å². The smallest absolute Gasteiger partial charge is 0.339 e. The van der Waals surface area contributed by atoms with Gasteiger partial charge in [0.15, 0.2) is 6.29 Å². The van der Waals surface area contributed by atoms with Crippen LogP contribution in [0.5, 0.6) is 5.75 Å². The van der Waals surface area contributed by atoms with Crippen molar-refractivity contribution in [2.45, 2.75) is 38.9 Å². The molecule has 0 saturated heterocycles. The Morgan fingerprint density at radius 3 is 2.71 bits per heavy atom. The summed E-state index contributed by atoms with van der Waals surface area (Å²) in [6.45, 7) is 2.08. The largest absolute Gasteiger partial charge is 0.478 e. The molecule has 4 heteroatoms. The van der Waals surface area contributed by atoms with E-state index in [0.717, 1.165) is 19.3 Å². The zero-order valence-electron chi connectivity index (χ0n) is 9.93. The van der Waals surface area contributed by atoms with Gasteiger partial charge in [-0.05, 0) is 18.6 Å². The van der Waals surface area contributed by atoms with Gasteiger partial charge in [0.05, 0.1) is 0 Å². The van der Waals surface area contributed by atoms with Crippen LogP contribution in [-0.4, -0.2) is 22.5 Å². The molecule has 0 aromatic heterocycles. The molecule has 17 heavy (non-hydrogen) atoms. The van der Waals surface area contributed by atoms with E-state index < -0.39 is 12.3 Å². The highest BCUT2D eigenvalue weighted by Crippen LogP contribution is 2.20. The molecule has 0 radical (unpaired) electrons. The van der Waals surface area contributed by atoms with Crippen LogP contribution in [0.15, 0.2) is 24.3 Å². The summed E-state index contributed by atoms with van der Waals surface area (Å²) in [7, 11) is 0. The Kier molecular flexibility index (Phi) is 5.49. The first kappa shape index (κ1) is 13.5. The first-order chi connectivity index (χ1) is 8.15. The maximum absolute atomic E-state index is 10.9. The van der Waals surface area contributed by atoms with Crippen molar-refractivity contribution in [1.29, 1.82) is 0 Å². The Labute approximate surface area is 101 Å². The molecule has 0 spiro atoms. The van der Waals surface area contributed by atoms with E-state index in [1.54, 1.807) is 18.2 Å². The van der Waals surface area contributed by atoms with Gasteiger partial charge in [0.25, 0.3) is 0 Å². The molecule has 0 saturated carbocycles. The molecule has 0 amide bonds. The average molecular weight is 238 g/mol. The number of hydrogen-bond donors (Lipinski definition) is 2. The van der Waals surface area contributed by atoms with Gasteiger partial charge >= 0.3 is 5.97 Å². The van der Waals surface area contributed by atoms with E-state index in [2.05, 4.69) is 6.92 Å². The van der Waals surface area contributed by atoms with Gasteiger partial charge < -0.3 is 14.9 Å². The first-order valence-corrected chi connectivity index (χ1v) is 5.82. The normalized spacial score (nSPS) is 12.1. The van der Waals surface area contributed by atoms with E-state index in [1.807, 2.05) is 0 Å². The second kappa shape index (κ2) is 6.91. The van der Waals surface area contributed by atoms with E-state index in [9.17, 15) is 9.90 Å². The summed E-state index contributed by atoms with van der Waals surface area (Å²) < 4.78 is 5.23. The monoisotopic (exact) mass is 238 g/mol. The third kappa shape index (κ3) is 4.44. The predicted molar refractivity (Wildman–Crippen MR) is 64.2 cm³/mol. The van der Waals surface area contributed by atoms with Crippen LogP contribution in [0.2, 0.25) is 0 Å². The molecule has 4 nitrogen and oxygen atoms in total. The third-order valence-electron chi connectivity index (χ3n) is 2.44. The van der Waals surface area contributed by atoms with E-state index in [1.165, 1.54) is 6.07 Å². The third-order valence-corrected chi connectivity index (χ3v) is 2.44. The Morgan fingerprint density at radius 1 is 1.35 bits per heavy atom. The molecule has 1 unspecified atom stereocenters. The number of para-hydroxylation sites is 1. The lowest BCUT2D eigenvalue weighted by molar-refractivity contribution is -0.0251. The van der Waals surface area contributed by atoms with Crippen molar-refractivity contribution in [1.82, 2.24) is 0 Å². The van der Waals surface area contributed by atoms with Gasteiger partial charge in [-0.1, -0.05) is 31.9 Å². The second-order valence-electron chi connectivity index (χ2n) is 3.87. The number of ether oxygens (including phenoxy) is 1. The zero-order valence-corrected chi connectivity index (χ0v) is 9.93. The van der Waals surface area contributed by atoms with Gasteiger partial charge in [0.2, 0.25) is 0 Å². The number of carboxylic acid groups (broad SMARTS) is 1. The fourth-order valence-corrected chi connectivity index (χ4v) is 1.52. The molecule has 1 aromatic carbocycles. The number of carboxylic acids is 1. The van der Waals surface area contributed by atoms with Crippen molar-refractivity contribution in [2.24, 2.45) is 0 Å². The summed E-state index contributed by atoms with van der Waals surface area (Å²) in [5.74, 6) is -0.842. The highest BCUT2D eigenvalue weighted by atomic mass is 16.6. The van der Waals surface area contributed by atoms with Gasteiger partial charge in [-0.3, -0.25) is 0 Å². The SMILES string of the molecule is CCCCCC(O)Oc1ccccc1C(=O)O. The maximum Gasteiger partial charge on any atom is 0.339 e. The number of hydrogen-bond acceptors (Lipinski definition) is 3. The molecule has 0 fully saturated rings. The van der Waals surface area contributed by atoms with E-state index in [4.69, 9.17) is 9.84 Å². The molecule has 1 rings (SSSR count). The molecule has 1 aromatic rings. The topological polar surface area (TPSA) is 66.8 Å². The Hall–Kier alpha value is -1.55. The Bertz CT molecular complexity index is 362. The molecule has 0 bridgehead atoms. The van der Waals surface area contributed by atoms with Crippen LogP contribution in [-0.2, 0) is 0 Å². The summed E-state index contributed by atoms with van der Waals surface area (Å²) in [6, 6.07) is 6.31. The minimum Gasteiger partial charge on any atom is -0.478 e. The van der Waals surface area contributed by atoms with E-state index in [0.29, 0.717) is 6.42 Å². The number of unbranched alkanes of at least 4 members (excludes halogenated alkanes) is 2. The van der Waals surface area contributed by atoms with E-state index in [-0.39, 0.29) is 11.3 Å². The standard InChI is InChI=1S/C13H18O4/c1-2-3-4-9-12(14)17-11-8-6-5-7-10(11)13(15)16/h5-8,12,14H,2-4,9H2,1H3,(H,15,16). The Balaban J connectivity index is 2.58. The Morgan fingerprint density at radius 2 is 2.06 bits per heavy atom. The van der Waals surface area contributed by atoms with Crippen molar-refractivity contribution >= 4 is 5.97 Å². The fraction of sp³-hybridized carbons (Fsp3) is 0.462. The zero-order chi connectivity index (χ0) is 12.7. The summed E-state index contributed by atoms with van der Waals surface area (Å²) in [5.41, 5.74) is 0.0713. The van der Waals surface area contributed by atoms with Gasteiger partial charge in [-0.15, -0.1) is 0 Å². The first-order valence-electron chi connectivity index (χ1n) is 5.82. The van der Waals surface area contributed by atoms with Gasteiger partial charge in [-0.25, -0.2) is 4.79 Å². The van der Waals surface area contributed by atoms with Crippen LogP contribution < -0.4 is 4.74 Å². The van der Waals surface area contributed by atoms with Crippen LogP contribution in [0.25, 0.3) is 0 Å². The lowest BCUT2D eigenvalue weighted by atomic mass is 10.2. The van der Waals surface area contributed by atoms with Crippen LogP contribution in [0, 0.1) is 0 Å². The highest BCUT2D eigenvalue weighted by Gasteiger charge is 2.13. The van der Waals surface area contributed by atoms with Crippen LogP contribution in [0.3, 0.4) is 0 Å². The maximum atomic E-state index is 10.9. The molecule has 0 aliphatic rings. The molecule has 0 heterocycles. The summed E-state index contributed by atoms with van der Waals surface area (Å²) >= 11 is 0. The van der Waals surface area contributed by atoms with Gasteiger partial charge in [0, 0.05) is 6.42 Å². The van der Waals surface area contributed by atoms with Crippen molar-refractivity contribution in [3.63, 3.8) is 0 Å². The quantitative estimate of drug-likeness (QED) is 0.566. The number of aromatic carboxylic acids is 1. The predicted octanol–water partition coefficient (Wildman–Crippen LogP) is 2.66. The number of benzene rings is 1. The molecule has 0 aliphatic heterocycles. The summed E-state index contributed by atoms with van der Waals surface area (Å²) in [6.07, 6.45) is 2.54. The lowest BCUT2D eigenvalue weighted by Gasteiger charge is -2.14. The van der Waals surface area contributed by atoms with Crippen LogP contribution in [0.1, 0.15) is 43.0 Å². The fourth-order valence-electron chi connectivity index (χ4n) is 1.52. The number of aliphatic hydroxyl groups excluding tert-OH is 1. The van der Waals surface area contributed by atoms with E-state index >= 15 is 0 Å². The molecule has 0 aliphatic carbocycles. The molecule has 2 N–H and O–H groups in total. The van der Waals surface area contributed by atoms with Crippen LogP contribution >= 0.6 is 0 Å². The number of aliphatic hydroxyl groups is 1. The molecule has 94 valence electrons. The molecule has 1 atom stereocenters. The minimum atomic E-state index is -1.05. The number of carbonyl (C=O) groups is 1. The van der Waals surface area contributed by atoms with Crippen molar-refractivity contribution < 1.29 is 19.7 Å².